The lowest BCUT2D eigenvalue weighted by Crippen LogP contribution is -2.60. The quantitative estimate of drug-likeness (QED) is 0.674. The Morgan fingerprint density at radius 1 is 0.970 bits per heavy atom. The molecule has 0 aliphatic carbocycles. The fourth-order valence-electron chi connectivity index (χ4n) is 4.22. The van der Waals surface area contributed by atoms with Crippen LogP contribution >= 0.6 is 11.6 Å². The molecule has 33 heavy (non-hydrogen) atoms. The number of piperazine rings is 2. The van der Waals surface area contributed by atoms with Crippen LogP contribution in [0.2, 0.25) is 5.02 Å². The van der Waals surface area contributed by atoms with E-state index in [0.717, 1.165) is 31.9 Å². The number of nitrogens with zero attached hydrogens (tertiary/aromatic N) is 3. The molecule has 0 bridgehead atoms. The molecule has 174 valence electrons. The lowest BCUT2D eigenvalue weighted by Gasteiger charge is -2.39. The monoisotopic (exact) mass is 469 g/mol. The Morgan fingerprint density at radius 3 is 2.36 bits per heavy atom. The van der Waals surface area contributed by atoms with Crippen molar-refractivity contribution in [2.24, 2.45) is 0 Å². The van der Waals surface area contributed by atoms with Gasteiger partial charge < -0.3 is 20.4 Å². The molecule has 0 radical (unpaired) electrons. The minimum atomic E-state index is -0.801. The molecule has 9 heteroatoms. The molecule has 2 heterocycles. The maximum atomic E-state index is 13.1. The van der Waals surface area contributed by atoms with E-state index < -0.39 is 6.04 Å². The number of carbonyl (C=O) groups excluding carboxylic acids is 3. The van der Waals surface area contributed by atoms with Crippen molar-refractivity contribution in [3.8, 4) is 0 Å². The summed E-state index contributed by atoms with van der Waals surface area (Å²) in [6.07, 6.45) is -0.0726. The number of carbonyl (C=O) groups is 3. The molecular weight excluding hydrogens is 442 g/mol. The molecule has 0 saturated carbocycles. The predicted molar refractivity (Wildman–Crippen MR) is 128 cm³/mol. The highest BCUT2D eigenvalue weighted by Gasteiger charge is 2.35. The Bertz CT molecular complexity index is 977. The molecule has 0 spiro atoms. The summed E-state index contributed by atoms with van der Waals surface area (Å²) < 4.78 is 0. The Morgan fingerprint density at radius 2 is 1.67 bits per heavy atom. The van der Waals surface area contributed by atoms with Gasteiger partial charge in [-0.15, -0.1) is 0 Å². The van der Waals surface area contributed by atoms with Crippen molar-refractivity contribution in [3.05, 3.63) is 59.6 Å². The van der Waals surface area contributed by atoms with Crippen LogP contribution in [0.5, 0.6) is 0 Å². The van der Waals surface area contributed by atoms with Crippen molar-refractivity contribution in [2.45, 2.75) is 12.5 Å². The van der Waals surface area contributed by atoms with E-state index in [1.54, 1.807) is 17.0 Å². The number of hydrogen-bond donors (Lipinski definition) is 2. The summed E-state index contributed by atoms with van der Waals surface area (Å²) in [5, 5.41) is 6.28. The summed E-state index contributed by atoms with van der Waals surface area (Å²) in [7, 11) is 0. The van der Waals surface area contributed by atoms with E-state index >= 15 is 0 Å². The number of para-hydroxylation sites is 1. The van der Waals surface area contributed by atoms with Crippen molar-refractivity contribution >= 4 is 40.7 Å². The van der Waals surface area contributed by atoms with Gasteiger partial charge in [-0.25, -0.2) is 0 Å². The smallest absolute Gasteiger partial charge is 0.243 e. The molecule has 0 aromatic heterocycles. The minimum Gasteiger partial charge on any atom is -0.369 e. The molecule has 1 atom stereocenters. The van der Waals surface area contributed by atoms with Gasteiger partial charge in [0, 0.05) is 55.7 Å². The van der Waals surface area contributed by atoms with Crippen LogP contribution < -0.4 is 15.5 Å². The molecule has 8 nitrogen and oxygen atoms in total. The molecule has 0 unspecified atom stereocenters. The summed E-state index contributed by atoms with van der Waals surface area (Å²) in [4.78, 5) is 44.0. The summed E-state index contributed by atoms with van der Waals surface area (Å²) in [5.41, 5.74) is 1.78. The molecule has 2 aliphatic heterocycles. The predicted octanol–water partition coefficient (Wildman–Crippen LogP) is 1.82. The summed E-state index contributed by atoms with van der Waals surface area (Å²) >= 11 is 5.98. The first-order valence-corrected chi connectivity index (χ1v) is 11.5. The second-order valence-electron chi connectivity index (χ2n) is 8.25. The van der Waals surface area contributed by atoms with Crippen molar-refractivity contribution < 1.29 is 14.4 Å². The van der Waals surface area contributed by atoms with Gasteiger partial charge in [-0.2, -0.15) is 0 Å². The summed E-state index contributed by atoms with van der Waals surface area (Å²) in [5.74, 6) is -0.703. The van der Waals surface area contributed by atoms with Crippen LogP contribution in [0.4, 0.5) is 11.4 Å². The molecule has 2 aromatic rings. The van der Waals surface area contributed by atoms with Crippen LogP contribution in [-0.2, 0) is 14.4 Å². The minimum absolute atomic E-state index is 0.0726. The van der Waals surface area contributed by atoms with Gasteiger partial charge in [0.1, 0.15) is 6.04 Å². The van der Waals surface area contributed by atoms with Gasteiger partial charge in [0.2, 0.25) is 17.7 Å². The fraction of sp³-hybridized carbons (Fsp3) is 0.375. The van der Waals surface area contributed by atoms with Crippen molar-refractivity contribution in [3.63, 3.8) is 0 Å². The Kier molecular flexibility index (Phi) is 7.47. The van der Waals surface area contributed by atoms with Crippen LogP contribution in [-0.4, -0.2) is 79.4 Å². The van der Waals surface area contributed by atoms with Crippen LogP contribution in [0.15, 0.2) is 54.6 Å². The average Bonchev–Trinajstić information content (AvgIpc) is 2.82. The number of amides is 3. The van der Waals surface area contributed by atoms with Gasteiger partial charge in [0.25, 0.3) is 0 Å². The third-order valence-corrected chi connectivity index (χ3v) is 6.26. The van der Waals surface area contributed by atoms with E-state index in [4.69, 9.17) is 11.6 Å². The van der Waals surface area contributed by atoms with E-state index in [2.05, 4.69) is 20.4 Å². The first-order valence-electron chi connectivity index (χ1n) is 11.1. The van der Waals surface area contributed by atoms with Crippen LogP contribution in [0, 0.1) is 0 Å². The highest BCUT2D eigenvalue weighted by Crippen LogP contribution is 2.20. The first kappa shape index (κ1) is 23.1. The highest BCUT2D eigenvalue weighted by molar-refractivity contribution is 6.30. The molecular formula is C24H28ClN5O3. The van der Waals surface area contributed by atoms with E-state index in [0.29, 0.717) is 23.8 Å². The van der Waals surface area contributed by atoms with E-state index in [1.165, 1.54) is 0 Å². The van der Waals surface area contributed by atoms with Gasteiger partial charge in [-0.3, -0.25) is 19.3 Å². The third kappa shape index (κ3) is 6.03. The van der Waals surface area contributed by atoms with Crippen LogP contribution in [0.1, 0.15) is 6.42 Å². The second kappa shape index (κ2) is 10.7. The number of halogens is 1. The SMILES string of the molecule is O=C(C[C@@H]1C(=O)NCCN1C(=O)CN1CCN(c2ccc(Cl)cc2)CC1)Nc1ccccc1. The zero-order chi connectivity index (χ0) is 23.2. The molecule has 2 fully saturated rings. The zero-order valence-electron chi connectivity index (χ0n) is 18.4. The molecule has 4 rings (SSSR count). The Hall–Kier alpha value is -3.10. The van der Waals surface area contributed by atoms with Gasteiger partial charge in [0.15, 0.2) is 0 Å². The van der Waals surface area contributed by atoms with E-state index in [-0.39, 0.29) is 30.7 Å². The molecule has 3 amide bonds. The van der Waals surface area contributed by atoms with Gasteiger partial charge >= 0.3 is 0 Å². The fourth-order valence-corrected chi connectivity index (χ4v) is 4.35. The lowest BCUT2D eigenvalue weighted by molar-refractivity contribution is -0.145. The van der Waals surface area contributed by atoms with Gasteiger partial charge in [-0.05, 0) is 36.4 Å². The first-order chi connectivity index (χ1) is 16.0. The number of hydrogen-bond acceptors (Lipinski definition) is 5. The van der Waals surface area contributed by atoms with Crippen LogP contribution in [0.25, 0.3) is 0 Å². The van der Waals surface area contributed by atoms with E-state index in [1.807, 2.05) is 42.5 Å². The zero-order valence-corrected chi connectivity index (χ0v) is 19.1. The van der Waals surface area contributed by atoms with Crippen molar-refractivity contribution in [2.75, 3.05) is 56.0 Å². The topological polar surface area (TPSA) is 85.0 Å². The van der Waals surface area contributed by atoms with Gasteiger partial charge in [-0.1, -0.05) is 29.8 Å². The Balaban J connectivity index is 1.31. The van der Waals surface area contributed by atoms with E-state index in [9.17, 15) is 14.4 Å². The number of nitrogens with one attached hydrogen (secondary N) is 2. The maximum Gasteiger partial charge on any atom is 0.243 e. The summed E-state index contributed by atoms with van der Waals surface area (Å²) in [6.45, 7) is 4.13. The largest absolute Gasteiger partial charge is 0.369 e. The summed E-state index contributed by atoms with van der Waals surface area (Å²) in [6, 6.07) is 16.0. The maximum absolute atomic E-state index is 13.1. The van der Waals surface area contributed by atoms with Gasteiger partial charge in [0.05, 0.1) is 13.0 Å². The average molecular weight is 470 g/mol. The second-order valence-corrected chi connectivity index (χ2v) is 8.69. The lowest BCUT2D eigenvalue weighted by atomic mass is 10.1. The number of anilines is 2. The third-order valence-electron chi connectivity index (χ3n) is 6.01. The number of rotatable bonds is 6. The van der Waals surface area contributed by atoms with Crippen LogP contribution in [0.3, 0.4) is 0 Å². The van der Waals surface area contributed by atoms with Crippen molar-refractivity contribution in [1.29, 1.82) is 0 Å². The number of benzene rings is 2. The highest BCUT2D eigenvalue weighted by atomic mass is 35.5. The molecule has 2 saturated heterocycles. The standard InChI is InChI=1S/C24H28ClN5O3/c25-18-6-8-20(9-7-18)29-14-12-28(13-15-29)17-23(32)30-11-10-26-24(33)21(30)16-22(31)27-19-4-2-1-3-5-19/h1-9,21H,10-17H2,(H,26,33)(H,27,31)/t21-/m1/s1. The Labute approximate surface area is 198 Å². The molecule has 2 aromatic carbocycles. The normalized spacial score (nSPS) is 19.2. The molecule has 2 aliphatic rings. The molecule has 2 N–H and O–H groups in total. The van der Waals surface area contributed by atoms with Crippen molar-refractivity contribution in [1.82, 2.24) is 15.1 Å².